The van der Waals surface area contributed by atoms with Crippen LogP contribution in [0.2, 0.25) is 0 Å². The Labute approximate surface area is 201 Å². The molecule has 1 saturated heterocycles. The lowest BCUT2D eigenvalue weighted by Gasteiger charge is -2.38. The lowest BCUT2D eigenvalue weighted by atomic mass is 10.0. The zero-order valence-corrected chi connectivity index (χ0v) is 20.0. The van der Waals surface area contributed by atoms with Gasteiger partial charge in [-0.1, -0.05) is 36.4 Å². The molecule has 1 aromatic heterocycles. The van der Waals surface area contributed by atoms with Crippen LogP contribution in [-0.2, 0) is 0 Å². The molecule has 6 nitrogen and oxygen atoms in total. The Hall–Kier alpha value is -3.22. The molecule has 2 aliphatic rings. The standard InChI is InChI=1S/C28H32N4O2/c1-30(2)14-7-19-34-26-11-6-5-10-24(26)28(33)32-17-15-31(16-18-32)27-23-9-4-3-8-21(23)22-12-13-29-20-25(22)27/h3-6,8-13,20,27H,7,14-19H2,1-2H3. The molecule has 176 valence electrons. The normalized spacial score (nSPS) is 17.5. The fraction of sp³-hybridized carbons (Fsp3) is 0.357. The first-order valence-corrected chi connectivity index (χ1v) is 12.1. The number of benzene rings is 2. The lowest BCUT2D eigenvalue weighted by molar-refractivity contribution is 0.0595. The Bertz CT molecular complexity index is 1110. The molecule has 1 unspecified atom stereocenters. The number of aromatic nitrogens is 1. The quantitative estimate of drug-likeness (QED) is 0.504. The number of fused-ring (bicyclic) bond motifs is 3. The second-order valence-corrected chi connectivity index (χ2v) is 9.28. The van der Waals surface area contributed by atoms with Gasteiger partial charge in [-0.15, -0.1) is 0 Å². The van der Waals surface area contributed by atoms with E-state index < -0.39 is 0 Å². The molecular formula is C28H32N4O2. The third-order valence-electron chi connectivity index (χ3n) is 6.78. The summed E-state index contributed by atoms with van der Waals surface area (Å²) in [5, 5.41) is 0. The van der Waals surface area contributed by atoms with E-state index in [1.807, 2.05) is 41.6 Å². The van der Waals surface area contributed by atoms with E-state index in [0.717, 1.165) is 26.1 Å². The molecule has 6 heteroatoms. The number of carbonyl (C=O) groups excluding carboxylic acids is 1. The summed E-state index contributed by atoms with van der Waals surface area (Å²) in [5.74, 6) is 0.732. The van der Waals surface area contributed by atoms with Gasteiger partial charge >= 0.3 is 0 Å². The Morgan fingerprint density at radius 2 is 1.71 bits per heavy atom. The van der Waals surface area contributed by atoms with Crippen LogP contribution in [-0.4, -0.2) is 79.0 Å². The molecule has 5 rings (SSSR count). The van der Waals surface area contributed by atoms with E-state index in [1.54, 1.807) is 0 Å². The highest BCUT2D eigenvalue weighted by Gasteiger charge is 2.35. The first-order valence-electron chi connectivity index (χ1n) is 12.1. The number of amides is 1. The van der Waals surface area contributed by atoms with Crippen LogP contribution in [0.5, 0.6) is 5.75 Å². The van der Waals surface area contributed by atoms with Gasteiger partial charge in [0.05, 0.1) is 18.2 Å². The molecule has 0 spiro atoms. The van der Waals surface area contributed by atoms with E-state index in [9.17, 15) is 4.79 Å². The number of nitrogens with zero attached hydrogens (tertiary/aromatic N) is 4. The molecule has 1 amide bonds. The Balaban J connectivity index is 1.27. The highest BCUT2D eigenvalue weighted by molar-refractivity contribution is 5.97. The maximum atomic E-state index is 13.4. The third-order valence-corrected chi connectivity index (χ3v) is 6.78. The Kier molecular flexibility index (Phi) is 6.61. The van der Waals surface area contributed by atoms with Gasteiger partial charge in [-0.05, 0) is 61.0 Å². The SMILES string of the molecule is CN(C)CCCOc1ccccc1C(=O)N1CCN(C2c3ccccc3-c3ccncc32)CC1. The van der Waals surface area contributed by atoms with Crippen LogP contribution in [0.3, 0.4) is 0 Å². The summed E-state index contributed by atoms with van der Waals surface area (Å²) < 4.78 is 5.99. The number of hydrogen-bond acceptors (Lipinski definition) is 5. The second-order valence-electron chi connectivity index (χ2n) is 9.28. The molecule has 1 fully saturated rings. The lowest BCUT2D eigenvalue weighted by Crippen LogP contribution is -2.49. The summed E-state index contributed by atoms with van der Waals surface area (Å²) in [6, 6.07) is 18.6. The maximum Gasteiger partial charge on any atom is 0.257 e. The van der Waals surface area contributed by atoms with Crippen molar-refractivity contribution in [3.05, 3.63) is 83.7 Å². The predicted octanol–water partition coefficient (Wildman–Crippen LogP) is 3.94. The number of pyridine rings is 1. The maximum absolute atomic E-state index is 13.4. The zero-order valence-electron chi connectivity index (χ0n) is 20.0. The van der Waals surface area contributed by atoms with Gasteiger partial charge in [0.2, 0.25) is 0 Å². The first-order chi connectivity index (χ1) is 16.6. The predicted molar refractivity (Wildman–Crippen MR) is 134 cm³/mol. The topological polar surface area (TPSA) is 48.9 Å². The van der Waals surface area contributed by atoms with Crippen molar-refractivity contribution in [2.24, 2.45) is 0 Å². The monoisotopic (exact) mass is 456 g/mol. The van der Waals surface area contributed by atoms with Gasteiger partial charge in [-0.25, -0.2) is 0 Å². The Morgan fingerprint density at radius 3 is 2.53 bits per heavy atom. The minimum absolute atomic E-state index is 0.0525. The van der Waals surface area contributed by atoms with Crippen LogP contribution in [0.15, 0.2) is 67.0 Å². The van der Waals surface area contributed by atoms with Crippen molar-refractivity contribution in [2.75, 3.05) is 53.4 Å². The van der Waals surface area contributed by atoms with Gasteiger partial charge in [0, 0.05) is 45.1 Å². The molecule has 1 atom stereocenters. The minimum Gasteiger partial charge on any atom is -0.493 e. The zero-order chi connectivity index (χ0) is 23.5. The fourth-order valence-corrected chi connectivity index (χ4v) is 5.10. The van der Waals surface area contributed by atoms with Crippen molar-refractivity contribution >= 4 is 5.91 Å². The molecule has 2 heterocycles. The summed E-state index contributed by atoms with van der Waals surface area (Å²) in [5.41, 5.74) is 5.82. The van der Waals surface area contributed by atoms with E-state index in [2.05, 4.69) is 59.2 Å². The van der Waals surface area contributed by atoms with Crippen molar-refractivity contribution in [2.45, 2.75) is 12.5 Å². The van der Waals surface area contributed by atoms with Gasteiger partial charge < -0.3 is 14.5 Å². The second kappa shape index (κ2) is 9.95. The number of hydrogen-bond donors (Lipinski definition) is 0. The number of para-hydroxylation sites is 1. The van der Waals surface area contributed by atoms with Gasteiger partial charge in [-0.3, -0.25) is 14.7 Å². The van der Waals surface area contributed by atoms with E-state index in [4.69, 9.17) is 4.74 Å². The van der Waals surface area contributed by atoms with Crippen molar-refractivity contribution in [3.63, 3.8) is 0 Å². The molecule has 34 heavy (non-hydrogen) atoms. The summed E-state index contributed by atoms with van der Waals surface area (Å²) >= 11 is 0. The van der Waals surface area contributed by atoms with E-state index in [1.165, 1.54) is 22.3 Å². The summed E-state index contributed by atoms with van der Waals surface area (Å²) in [7, 11) is 4.10. The average Bonchev–Trinajstić information content (AvgIpc) is 3.21. The number of ether oxygens (including phenoxy) is 1. The van der Waals surface area contributed by atoms with Crippen LogP contribution in [0, 0.1) is 0 Å². The van der Waals surface area contributed by atoms with Crippen molar-refractivity contribution in [1.29, 1.82) is 0 Å². The largest absolute Gasteiger partial charge is 0.493 e. The summed E-state index contributed by atoms with van der Waals surface area (Å²) in [6.07, 6.45) is 4.80. The van der Waals surface area contributed by atoms with Crippen LogP contribution in [0.25, 0.3) is 11.1 Å². The first kappa shape index (κ1) is 22.6. The third kappa shape index (κ3) is 4.43. The average molecular weight is 457 g/mol. The van der Waals surface area contributed by atoms with Crippen LogP contribution >= 0.6 is 0 Å². The van der Waals surface area contributed by atoms with Gasteiger partial charge in [0.1, 0.15) is 5.75 Å². The molecule has 0 bridgehead atoms. The van der Waals surface area contributed by atoms with Crippen molar-refractivity contribution < 1.29 is 9.53 Å². The molecule has 1 aliphatic carbocycles. The highest BCUT2D eigenvalue weighted by atomic mass is 16.5. The van der Waals surface area contributed by atoms with Crippen LogP contribution < -0.4 is 4.74 Å². The van der Waals surface area contributed by atoms with Gasteiger partial charge in [0.25, 0.3) is 5.91 Å². The van der Waals surface area contributed by atoms with Crippen LogP contribution in [0.4, 0.5) is 0 Å². The molecular weight excluding hydrogens is 424 g/mol. The van der Waals surface area contributed by atoms with Gasteiger partial charge in [-0.2, -0.15) is 0 Å². The number of carbonyl (C=O) groups is 1. The number of rotatable bonds is 7. The molecule has 0 radical (unpaired) electrons. The molecule has 1 aliphatic heterocycles. The fourth-order valence-electron chi connectivity index (χ4n) is 5.10. The van der Waals surface area contributed by atoms with E-state index in [-0.39, 0.29) is 11.9 Å². The van der Waals surface area contributed by atoms with Crippen molar-refractivity contribution in [3.8, 4) is 16.9 Å². The van der Waals surface area contributed by atoms with Gasteiger partial charge in [0.15, 0.2) is 0 Å². The highest BCUT2D eigenvalue weighted by Crippen LogP contribution is 2.46. The van der Waals surface area contributed by atoms with Crippen molar-refractivity contribution in [1.82, 2.24) is 19.7 Å². The molecule has 2 aromatic carbocycles. The summed E-state index contributed by atoms with van der Waals surface area (Å²) in [6.45, 7) is 4.60. The molecule has 3 aromatic rings. The number of piperazine rings is 1. The molecule has 0 N–H and O–H groups in total. The van der Waals surface area contributed by atoms with E-state index >= 15 is 0 Å². The molecule has 0 saturated carbocycles. The Morgan fingerprint density at radius 1 is 0.971 bits per heavy atom. The smallest absolute Gasteiger partial charge is 0.257 e. The van der Waals surface area contributed by atoms with Crippen LogP contribution in [0.1, 0.15) is 33.9 Å². The minimum atomic E-state index is 0.0525. The summed E-state index contributed by atoms with van der Waals surface area (Å²) in [4.78, 5) is 24.4. The van der Waals surface area contributed by atoms with E-state index in [0.29, 0.717) is 31.0 Å².